The van der Waals surface area contributed by atoms with Crippen LogP contribution in [0.25, 0.3) is 0 Å². The second kappa shape index (κ2) is 8.30. The van der Waals surface area contributed by atoms with Crippen LogP contribution in [0.5, 0.6) is 5.75 Å². The number of amides is 1. The quantitative estimate of drug-likeness (QED) is 0.697. The molecule has 0 aliphatic rings. The molecular formula is C16H18N2O6S2. The third kappa shape index (κ3) is 5.04. The summed E-state index contributed by atoms with van der Waals surface area (Å²) in [6.07, 6.45) is 0. The van der Waals surface area contributed by atoms with Gasteiger partial charge in [-0.05, 0) is 42.6 Å². The Bertz CT molecular complexity index is 863. The summed E-state index contributed by atoms with van der Waals surface area (Å²) in [6, 6.07) is 8.33. The number of nitrogens with zero attached hydrogens (tertiary/aromatic N) is 1. The first-order valence-electron chi connectivity index (χ1n) is 7.49. The monoisotopic (exact) mass is 398 g/mol. The number of carboxylic acid groups (broad SMARTS) is 1. The smallest absolute Gasteiger partial charge is 0.341 e. The van der Waals surface area contributed by atoms with Gasteiger partial charge in [-0.2, -0.15) is 4.72 Å². The van der Waals surface area contributed by atoms with Gasteiger partial charge in [0.25, 0.3) is 10.0 Å². The van der Waals surface area contributed by atoms with Crippen molar-refractivity contribution in [3.05, 3.63) is 41.8 Å². The average molecular weight is 398 g/mol. The minimum absolute atomic E-state index is 0.139. The first-order chi connectivity index (χ1) is 12.2. The molecule has 2 N–H and O–H groups in total. The average Bonchev–Trinajstić information content (AvgIpc) is 3.14. The van der Waals surface area contributed by atoms with Crippen molar-refractivity contribution >= 4 is 38.9 Å². The number of carboxylic acids is 1. The van der Waals surface area contributed by atoms with Gasteiger partial charge in [-0.25, -0.2) is 13.2 Å². The number of sulfonamides is 1. The van der Waals surface area contributed by atoms with Crippen LogP contribution in [0.1, 0.15) is 6.92 Å². The first kappa shape index (κ1) is 19.9. The van der Waals surface area contributed by atoms with Crippen LogP contribution in [0.3, 0.4) is 0 Å². The zero-order valence-electron chi connectivity index (χ0n) is 14.1. The molecule has 0 radical (unpaired) electrons. The van der Waals surface area contributed by atoms with E-state index in [-0.39, 0.29) is 4.21 Å². The van der Waals surface area contributed by atoms with E-state index < -0.39 is 34.5 Å². The molecule has 0 fully saturated rings. The largest absolute Gasteiger partial charge is 0.482 e. The molecule has 0 bridgehead atoms. The molecule has 140 valence electrons. The van der Waals surface area contributed by atoms with Crippen molar-refractivity contribution < 1.29 is 27.9 Å². The standard InChI is InChI=1S/C16H18N2O6S2/c1-11(17-26(22,23)15-4-3-9-25-15)16(21)18(2)12-5-7-13(8-6-12)24-10-14(19)20/h3-9,11,17H,10H2,1-2H3,(H,19,20). The van der Waals surface area contributed by atoms with E-state index in [0.29, 0.717) is 11.4 Å². The van der Waals surface area contributed by atoms with E-state index in [4.69, 9.17) is 9.84 Å². The molecule has 1 unspecified atom stereocenters. The fourth-order valence-corrected chi connectivity index (χ4v) is 4.29. The summed E-state index contributed by atoms with van der Waals surface area (Å²) in [7, 11) is -2.23. The van der Waals surface area contributed by atoms with Gasteiger partial charge in [0.05, 0.1) is 6.04 Å². The molecule has 1 amide bonds. The maximum atomic E-state index is 12.5. The lowest BCUT2D eigenvalue weighted by molar-refractivity contribution is -0.139. The minimum Gasteiger partial charge on any atom is -0.482 e. The number of carbonyl (C=O) groups is 2. The Kier molecular flexibility index (Phi) is 6.35. The number of hydrogen-bond acceptors (Lipinski definition) is 6. The van der Waals surface area contributed by atoms with Crippen molar-refractivity contribution in [3.63, 3.8) is 0 Å². The molecule has 0 aliphatic carbocycles. The molecule has 0 saturated heterocycles. The number of hydrogen-bond donors (Lipinski definition) is 2. The predicted octanol–water partition coefficient (Wildman–Crippen LogP) is 1.54. The van der Waals surface area contributed by atoms with Gasteiger partial charge in [-0.1, -0.05) is 6.07 Å². The van der Waals surface area contributed by atoms with Gasteiger partial charge in [-0.15, -0.1) is 11.3 Å². The van der Waals surface area contributed by atoms with Crippen molar-refractivity contribution in [1.82, 2.24) is 4.72 Å². The maximum absolute atomic E-state index is 12.5. The molecule has 1 heterocycles. The zero-order chi connectivity index (χ0) is 19.3. The third-order valence-corrected chi connectivity index (χ3v) is 6.32. The second-order valence-corrected chi connectivity index (χ2v) is 8.24. The number of carbonyl (C=O) groups excluding carboxylic acids is 1. The van der Waals surface area contributed by atoms with Crippen molar-refractivity contribution in [2.45, 2.75) is 17.2 Å². The Morgan fingerprint density at radius 3 is 2.46 bits per heavy atom. The molecule has 1 atom stereocenters. The van der Waals surface area contributed by atoms with Crippen LogP contribution in [0, 0.1) is 0 Å². The SMILES string of the molecule is CC(NS(=O)(=O)c1cccs1)C(=O)N(C)c1ccc(OCC(=O)O)cc1. The number of aliphatic carboxylic acids is 1. The van der Waals surface area contributed by atoms with Crippen LogP contribution >= 0.6 is 11.3 Å². The van der Waals surface area contributed by atoms with E-state index in [1.807, 2.05) is 0 Å². The lowest BCUT2D eigenvalue weighted by atomic mass is 10.2. The summed E-state index contributed by atoms with van der Waals surface area (Å²) < 4.78 is 31.9. The van der Waals surface area contributed by atoms with Crippen LogP contribution in [0.15, 0.2) is 46.0 Å². The topological polar surface area (TPSA) is 113 Å². The summed E-state index contributed by atoms with van der Waals surface area (Å²) in [5.74, 6) is -1.18. The van der Waals surface area contributed by atoms with Gasteiger partial charge in [0.15, 0.2) is 6.61 Å². The molecule has 8 nitrogen and oxygen atoms in total. The Balaban J connectivity index is 2.03. The van der Waals surface area contributed by atoms with Gasteiger partial charge >= 0.3 is 5.97 Å². The number of benzene rings is 1. The van der Waals surface area contributed by atoms with E-state index in [9.17, 15) is 18.0 Å². The number of thiophene rings is 1. The molecule has 1 aromatic carbocycles. The molecule has 26 heavy (non-hydrogen) atoms. The van der Waals surface area contributed by atoms with Crippen LogP contribution in [-0.4, -0.2) is 45.1 Å². The van der Waals surface area contributed by atoms with E-state index in [0.717, 1.165) is 11.3 Å². The van der Waals surface area contributed by atoms with Crippen molar-refractivity contribution in [2.24, 2.45) is 0 Å². The van der Waals surface area contributed by atoms with E-state index in [2.05, 4.69) is 4.72 Å². The number of nitrogens with one attached hydrogen (secondary N) is 1. The highest BCUT2D eigenvalue weighted by molar-refractivity contribution is 7.91. The van der Waals surface area contributed by atoms with Crippen molar-refractivity contribution in [1.29, 1.82) is 0 Å². The lowest BCUT2D eigenvalue weighted by Crippen LogP contribution is -2.45. The first-order valence-corrected chi connectivity index (χ1v) is 9.85. The van der Waals surface area contributed by atoms with E-state index in [1.54, 1.807) is 23.6 Å². The third-order valence-electron chi connectivity index (χ3n) is 3.38. The molecular weight excluding hydrogens is 380 g/mol. The summed E-state index contributed by atoms with van der Waals surface area (Å²) in [5, 5.41) is 10.2. The van der Waals surface area contributed by atoms with Gasteiger partial charge in [0, 0.05) is 12.7 Å². The fourth-order valence-electron chi connectivity index (χ4n) is 2.09. The number of ether oxygens (including phenoxy) is 1. The normalized spacial score (nSPS) is 12.4. The zero-order valence-corrected chi connectivity index (χ0v) is 15.7. The second-order valence-electron chi connectivity index (χ2n) is 5.35. The maximum Gasteiger partial charge on any atom is 0.341 e. The Labute approximate surface area is 155 Å². The van der Waals surface area contributed by atoms with Crippen LogP contribution < -0.4 is 14.4 Å². The predicted molar refractivity (Wildman–Crippen MR) is 97.1 cm³/mol. The highest BCUT2D eigenvalue weighted by Gasteiger charge is 2.25. The summed E-state index contributed by atoms with van der Waals surface area (Å²) >= 11 is 1.07. The fraction of sp³-hybridized carbons (Fsp3) is 0.250. The summed E-state index contributed by atoms with van der Waals surface area (Å²) in [4.78, 5) is 24.3. The summed E-state index contributed by atoms with van der Waals surface area (Å²) in [5.41, 5.74) is 0.514. The molecule has 0 saturated carbocycles. The van der Waals surface area contributed by atoms with Crippen LogP contribution in [0.2, 0.25) is 0 Å². The number of anilines is 1. The lowest BCUT2D eigenvalue weighted by Gasteiger charge is -2.22. The Morgan fingerprint density at radius 2 is 1.92 bits per heavy atom. The molecule has 2 aromatic rings. The molecule has 0 aliphatic heterocycles. The molecule has 2 rings (SSSR count). The van der Waals surface area contributed by atoms with Crippen molar-refractivity contribution in [3.8, 4) is 5.75 Å². The molecule has 0 spiro atoms. The molecule has 1 aromatic heterocycles. The van der Waals surface area contributed by atoms with Gasteiger partial charge in [-0.3, -0.25) is 4.79 Å². The van der Waals surface area contributed by atoms with Gasteiger partial charge in [0.2, 0.25) is 5.91 Å². The van der Waals surface area contributed by atoms with Crippen LogP contribution in [0.4, 0.5) is 5.69 Å². The Hall–Kier alpha value is -2.43. The van der Waals surface area contributed by atoms with Crippen molar-refractivity contribution in [2.75, 3.05) is 18.6 Å². The molecule has 10 heteroatoms. The highest BCUT2D eigenvalue weighted by Crippen LogP contribution is 2.20. The van der Waals surface area contributed by atoms with Gasteiger partial charge < -0.3 is 14.7 Å². The highest BCUT2D eigenvalue weighted by atomic mass is 32.2. The van der Waals surface area contributed by atoms with E-state index >= 15 is 0 Å². The number of likely N-dealkylation sites (N-methyl/N-ethyl adjacent to an activating group) is 1. The summed E-state index contributed by atoms with van der Waals surface area (Å²) in [6.45, 7) is 1.00. The number of rotatable bonds is 8. The van der Waals surface area contributed by atoms with Crippen LogP contribution in [-0.2, 0) is 19.6 Å². The van der Waals surface area contributed by atoms with Gasteiger partial charge in [0.1, 0.15) is 9.96 Å². The Morgan fingerprint density at radius 1 is 1.27 bits per heavy atom. The van der Waals surface area contributed by atoms with E-state index in [1.165, 1.54) is 37.1 Å². The minimum atomic E-state index is -3.75.